The maximum Gasteiger partial charge on any atom is 0.126 e. The van der Waals surface area contributed by atoms with E-state index in [0.717, 1.165) is 34.1 Å². The van der Waals surface area contributed by atoms with Crippen molar-refractivity contribution in [3.63, 3.8) is 0 Å². The van der Waals surface area contributed by atoms with E-state index in [1.165, 1.54) is 4.88 Å². The predicted octanol–water partition coefficient (Wildman–Crippen LogP) is 4.64. The Kier molecular flexibility index (Phi) is 4.15. The van der Waals surface area contributed by atoms with Crippen molar-refractivity contribution in [2.24, 2.45) is 0 Å². The molecular formula is C14H16ClNOS. The molecule has 18 heavy (non-hydrogen) atoms. The lowest BCUT2D eigenvalue weighted by Gasteiger charge is -2.14. The van der Waals surface area contributed by atoms with Gasteiger partial charge in [0.1, 0.15) is 5.75 Å². The van der Waals surface area contributed by atoms with Gasteiger partial charge in [0.15, 0.2) is 0 Å². The minimum atomic E-state index is 0.782. The third kappa shape index (κ3) is 2.79. The number of ether oxygens (including phenoxy) is 1. The van der Waals surface area contributed by atoms with Crippen molar-refractivity contribution >= 4 is 28.6 Å². The Morgan fingerprint density at radius 2 is 2.11 bits per heavy atom. The summed E-state index contributed by atoms with van der Waals surface area (Å²) in [5, 5.41) is 6.16. The highest BCUT2D eigenvalue weighted by Gasteiger charge is 2.07. The third-order valence-corrected chi connectivity index (χ3v) is 4.17. The van der Waals surface area contributed by atoms with E-state index < -0.39 is 0 Å². The smallest absolute Gasteiger partial charge is 0.126 e. The number of benzene rings is 1. The Morgan fingerprint density at radius 3 is 2.72 bits per heavy atom. The molecule has 0 fully saturated rings. The van der Waals surface area contributed by atoms with E-state index in [1.807, 2.05) is 11.4 Å². The van der Waals surface area contributed by atoms with E-state index in [2.05, 4.69) is 31.3 Å². The lowest BCUT2D eigenvalue weighted by molar-refractivity contribution is 0.409. The van der Waals surface area contributed by atoms with Crippen molar-refractivity contribution < 1.29 is 4.74 Å². The van der Waals surface area contributed by atoms with Gasteiger partial charge in [-0.1, -0.05) is 17.7 Å². The topological polar surface area (TPSA) is 21.3 Å². The molecule has 96 valence electrons. The molecule has 0 saturated heterocycles. The van der Waals surface area contributed by atoms with Gasteiger partial charge in [0.2, 0.25) is 0 Å². The van der Waals surface area contributed by atoms with Crippen LogP contribution in [-0.4, -0.2) is 7.11 Å². The number of halogens is 1. The van der Waals surface area contributed by atoms with Gasteiger partial charge in [-0.2, -0.15) is 0 Å². The molecule has 1 heterocycles. The molecule has 0 amide bonds. The molecule has 0 atom stereocenters. The van der Waals surface area contributed by atoms with E-state index in [9.17, 15) is 0 Å². The molecule has 1 aromatic heterocycles. The number of methoxy groups -OCH3 is 1. The van der Waals surface area contributed by atoms with Crippen LogP contribution in [0.15, 0.2) is 23.6 Å². The van der Waals surface area contributed by atoms with Gasteiger partial charge < -0.3 is 10.1 Å². The Morgan fingerprint density at radius 1 is 1.33 bits per heavy atom. The van der Waals surface area contributed by atoms with Gasteiger partial charge in [-0.05, 0) is 31.5 Å². The van der Waals surface area contributed by atoms with Crippen LogP contribution in [0.2, 0.25) is 5.02 Å². The Labute approximate surface area is 117 Å². The lowest BCUT2D eigenvalue weighted by atomic mass is 10.1. The van der Waals surface area contributed by atoms with Crippen LogP contribution in [0.4, 0.5) is 5.69 Å². The molecule has 2 nitrogen and oxygen atoms in total. The second-order valence-corrected chi connectivity index (χ2v) is 5.61. The monoisotopic (exact) mass is 281 g/mol. The van der Waals surface area contributed by atoms with Crippen molar-refractivity contribution in [2.45, 2.75) is 20.4 Å². The van der Waals surface area contributed by atoms with Gasteiger partial charge in [0, 0.05) is 28.1 Å². The number of anilines is 1. The fourth-order valence-corrected chi connectivity index (χ4v) is 2.97. The predicted molar refractivity (Wildman–Crippen MR) is 79.1 cm³/mol. The molecule has 0 radical (unpaired) electrons. The van der Waals surface area contributed by atoms with Crippen LogP contribution in [0.25, 0.3) is 0 Å². The minimum absolute atomic E-state index is 0.782. The fourth-order valence-electron chi connectivity index (χ4n) is 1.96. The Bertz CT molecular complexity index is 551. The molecule has 1 N–H and O–H groups in total. The SMILES string of the molecule is COc1c(C)ccc(NCc2cc(Cl)cs2)c1C. The number of thiophene rings is 1. The first-order valence-electron chi connectivity index (χ1n) is 5.72. The number of hydrogen-bond donors (Lipinski definition) is 1. The first-order valence-corrected chi connectivity index (χ1v) is 6.98. The molecule has 4 heteroatoms. The second kappa shape index (κ2) is 5.63. The van der Waals surface area contributed by atoms with Crippen LogP contribution in [-0.2, 0) is 6.54 Å². The summed E-state index contributed by atoms with van der Waals surface area (Å²) in [4.78, 5) is 1.22. The highest BCUT2D eigenvalue weighted by molar-refractivity contribution is 7.10. The van der Waals surface area contributed by atoms with Crippen molar-refractivity contribution in [2.75, 3.05) is 12.4 Å². The second-order valence-electron chi connectivity index (χ2n) is 4.17. The first kappa shape index (κ1) is 13.2. The van der Waals surface area contributed by atoms with Crippen LogP contribution < -0.4 is 10.1 Å². The van der Waals surface area contributed by atoms with Crippen molar-refractivity contribution in [1.82, 2.24) is 0 Å². The molecule has 0 aliphatic rings. The minimum Gasteiger partial charge on any atom is -0.496 e. The lowest BCUT2D eigenvalue weighted by Crippen LogP contribution is -2.01. The van der Waals surface area contributed by atoms with Crippen LogP contribution in [0.5, 0.6) is 5.75 Å². The average molecular weight is 282 g/mol. The van der Waals surface area contributed by atoms with E-state index in [1.54, 1.807) is 18.4 Å². The molecule has 0 bridgehead atoms. The van der Waals surface area contributed by atoms with Crippen LogP contribution >= 0.6 is 22.9 Å². The van der Waals surface area contributed by atoms with E-state index in [4.69, 9.17) is 16.3 Å². The number of hydrogen-bond acceptors (Lipinski definition) is 3. The van der Waals surface area contributed by atoms with Gasteiger partial charge in [-0.25, -0.2) is 0 Å². The Hall–Kier alpha value is -1.19. The molecular weight excluding hydrogens is 266 g/mol. The third-order valence-electron chi connectivity index (χ3n) is 2.88. The summed E-state index contributed by atoms with van der Waals surface area (Å²) in [6, 6.07) is 6.14. The van der Waals surface area contributed by atoms with Gasteiger partial charge in [0.25, 0.3) is 0 Å². The summed E-state index contributed by atoms with van der Waals surface area (Å²) in [7, 11) is 1.71. The molecule has 0 aliphatic heterocycles. The summed E-state index contributed by atoms with van der Waals surface area (Å²) < 4.78 is 5.41. The van der Waals surface area contributed by atoms with E-state index in [-0.39, 0.29) is 0 Å². The highest BCUT2D eigenvalue weighted by Crippen LogP contribution is 2.30. The molecule has 2 rings (SSSR count). The molecule has 0 unspecified atom stereocenters. The standard InChI is InChI=1S/C14H16ClNOS/c1-9-4-5-13(10(2)14(9)17-3)16-7-12-6-11(15)8-18-12/h4-6,8,16H,7H2,1-3H3. The zero-order valence-electron chi connectivity index (χ0n) is 10.7. The molecule has 0 spiro atoms. The molecule has 1 aromatic carbocycles. The summed E-state index contributed by atoms with van der Waals surface area (Å²) >= 11 is 7.57. The summed E-state index contributed by atoms with van der Waals surface area (Å²) in [5.74, 6) is 0.948. The Balaban J connectivity index is 2.14. The summed E-state index contributed by atoms with van der Waals surface area (Å²) in [5.41, 5.74) is 3.39. The van der Waals surface area contributed by atoms with Crippen molar-refractivity contribution in [1.29, 1.82) is 0 Å². The van der Waals surface area contributed by atoms with E-state index in [0.29, 0.717) is 0 Å². The summed E-state index contributed by atoms with van der Waals surface area (Å²) in [6.07, 6.45) is 0. The highest BCUT2D eigenvalue weighted by atomic mass is 35.5. The normalized spacial score (nSPS) is 10.4. The fraction of sp³-hybridized carbons (Fsp3) is 0.286. The van der Waals surface area contributed by atoms with Crippen LogP contribution in [0.1, 0.15) is 16.0 Å². The zero-order valence-corrected chi connectivity index (χ0v) is 12.3. The number of aryl methyl sites for hydroxylation is 1. The molecule has 2 aromatic rings. The maximum absolute atomic E-state index is 5.90. The molecule has 0 saturated carbocycles. The van der Waals surface area contributed by atoms with Gasteiger partial charge in [-0.3, -0.25) is 0 Å². The maximum atomic E-state index is 5.90. The zero-order chi connectivity index (χ0) is 13.1. The number of nitrogens with one attached hydrogen (secondary N) is 1. The van der Waals surface area contributed by atoms with Gasteiger partial charge in [-0.15, -0.1) is 11.3 Å². The quantitative estimate of drug-likeness (QED) is 0.881. The molecule has 0 aliphatic carbocycles. The van der Waals surface area contributed by atoms with Crippen LogP contribution in [0.3, 0.4) is 0 Å². The van der Waals surface area contributed by atoms with Crippen LogP contribution in [0, 0.1) is 13.8 Å². The van der Waals surface area contributed by atoms with Gasteiger partial charge in [0.05, 0.1) is 12.1 Å². The van der Waals surface area contributed by atoms with Gasteiger partial charge >= 0.3 is 0 Å². The summed E-state index contributed by atoms with van der Waals surface area (Å²) in [6.45, 7) is 4.90. The average Bonchev–Trinajstić information content (AvgIpc) is 2.75. The largest absolute Gasteiger partial charge is 0.496 e. The van der Waals surface area contributed by atoms with E-state index >= 15 is 0 Å². The number of rotatable bonds is 4. The first-order chi connectivity index (χ1) is 8.61. The van der Waals surface area contributed by atoms with Crippen molar-refractivity contribution in [3.05, 3.63) is 44.6 Å². The van der Waals surface area contributed by atoms with Crippen molar-refractivity contribution in [3.8, 4) is 5.75 Å².